The average molecular weight is 514 g/mol. The molecule has 1 aromatic heterocycles. The summed E-state index contributed by atoms with van der Waals surface area (Å²) in [5.74, 6) is 2.11. The van der Waals surface area contributed by atoms with Crippen molar-refractivity contribution >= 4 is 23.3 Å². The molecule has 0 aliphatic heterocycles. The van der Waals surface area contributed by atoms with Crippen molar-refractivity contribution in [2.24, 2.45) is 40.4 Å². The fraction of sp³-hybridized carbons (Fsp3) is 0.655. The number of thioether (sulfide) groups is 1. The van der Waals surface area contributed by atoms with Crippen molar-refractivity contribution < 1.29 is 24.3 Å². The first-order chi connectivity index (χ1) is 17.2. The van der Waals surface area contributed by atoms with E-state index >= 15 is 0 Å². The van der Waals surface area contributed by atoms with Crippen LogP contribution in [0.4, 0.5) is 0 Å². The van der Waals surface area contributed by atoms with E-state index in [1.807, 2.05) is 12.1 Å². The topological polar surface area (TPSA) is 91.0 Å². The van der Waals surface area contributed by atoms with Gasteiger partial charge in [0.1, 0.15) is 5.78 Å². The van der Waals surface area contributed by atoms with Crippen molar-refractivity contribution in [1.82, 2.24) is 5.06 Å². The van der Waals surface area contributed by atoms with E-state index in [1.54, 1.807) is 36.4 Å². The molecule has 0 saturated heterocycles. The Morgan fingerprint density at radius 1 is 1.33 bits per heavy atom. The summed E-state index contributed by atoms with van der Waals surface area (Å²) < 4.78 is 5.16. The summed E-state index contributed by atoms with van der Waals surface area (Å²) in [6, 6.07) is 1.84. The second-order valence-electron chi connectivity index (χ2n) is 11.9. The Balaban J connectivity index is 1.45. The number of carbonyl (C=O) groups excluding carboxylic acids is 2. The second kappa shape index (κ2) is 9.90. The van der Waals surface area contributed by atoms with Crippen molar-refractivity contribution in [2.45, 2.75) is 59.1 Å². The van der Waals surface area contributed by atoms with Gasteiger partial charge in [0.15, 0.2) is 5.78 Å². The molecule has 0 radical (unpaired) electrons. The van der Waals surface area contributed by atoms with Crippen LogP contribution in [-0.2, 0) is 16.1 Å². The van der Waals surface area contributed by atoms with Crippen molar-refractivity contribution in [3.63, 3.8) is 0 Å². The molecule has 3 unspecified atom stereocenters. The van der Waals surface area contributed by atoms with E-state index in [9.17, 15) is 19.9 Å². The van der Waals surface area contributed by atoms with Gasteiger partial charge in [-0.1, -0.05) is 32.4 Å². The van der Waals surface area contributed by atoms with Crippen molar-refractivity contribution in [1.29, 1.82) is 0 Å². The summed E-state index contributed by atoms with van der Waals surface area (Å²) in [6.45, 7) is 7.26. The Labute approximate surface area is 218 Å². The zero-order valence-corrected chi connectivity index (χ0v) is 22.4. The number of Topliss-reactive ketones (excluding diaryl/α,β-unsaturated/α-hetero) is 1. The van der Waals surface area contributed by atoms with Gasteiger partial charge in [0.2, 0.25) is 0 Å². The monoisotopic (exact) mass is 513 g/mol. The van der Waals surface area contributed by atoms with Gasteiger partial charge in [-0.05, 0) is 72.8 Å². The van der Waals surface area contributed by atoms with Crippen LogP contribution in [0, 0.1) is 40.4 Å². The summed E-state index contributed by atoms with van der Waals surface area (Å²) in [7, 11) is 0. The smallest absolute Gasteiger partial charge is 0.178 e. The Hall–Kier alpha value is -1.67. The molecule has 7 heteroatoms. The van der Waals surface area contributed by atoms with Crippen LogP contribution in [0.1, 0.15) is 52.0 Å². The van der Waals surface area contributed by atoms with Crippen LogP contribution in [0.25, 0.3) is 0 Å². The van der Waals surface area contributed by atoms with Gasteiger partial charge in [0, 0.05) is 29.4 Å². The SMILES string of the molecule is CCSCC(=O)[C@H]1[C@H](CN(O)Cc2ccoc2)CC2[C@@H]3CCC4=CC(=O)C=CC4(C)C3[C@@H](O)C[C@@]21C. The first-order valence-corrected chi connectivity index (χ1v) is 14.5. The number of fused-ring (bicyclic) bond motifs is 5. The number of aliphatic hydroxyl groups is 1. The van der Waals surface area contributed by atoms with E-state index in [-0.39, 0.29) is 46.1 Å². The molecule has 2 N–H and O–H groups in total. The molecule has 0 spiro atoms. The lowest BCUT2D eigenvalue weighted by Crippen LogP contribution is -2.56. The lowest BCUT2D eigenvalue weighted by Gasteiger charge is -2.58. The van der Waals surface area contributed by atoms with Gasteiger partial charge in [0.25, 0.3) is 0 Å². The van der Waals surface area contributed by atoms with Gasteiger partial charge in [-0.3, -0.25) is 9.59 Å². The van der Waals surface area contributed by atoms with Crippen molar-refractivity contribution in [2.75, 3.05) is 18.1 Å². The molecule has 3 saturated carbocycles. The Morgan fingerprint density at radius 2 is 2.14 bits per heavy atom. The average Bonchev–Trinajstić information content (AvgIpc) is 3.42. The van der Waals surface area contributed by atoms with Gasteiger partial charge < -0.3 is 14.7 Å². The van der Waals surface area contributed by atoms with Gasteiger partial charge in [-0.15, -0.1) is 0 Å². The molecular weight excluding hydrogens is 474 g/mol. The maximum absolute atomic E-state index is 13.7. The van der Waals surface area contributed by atoms with Gasteiger partial charge >= 0.3 is 0 Å². The Bertz CT molecular complexity index is 1050. The molecule has 1 heterocycles. The molecule has 1 aromatic rings. The van der Waals surface area contributed by atoms with Crippen LogP contribution in [0.3, 0.4) is 0 Å². The van der Waals surface area contributed by atoms with Crippen LogP contribution < -0.4 is 0 Å². The van der Waals surface area contributed by atoms with Crippen molar-refractivity contribution in [3.05, 3.63) is 48.0 Å². The molecule has 0 aromatic carbocycles. The summed E-state index contributed by atoms with van der Waals surface area (Å²) >= 11 is 1.65. The number of aliphatic hydroxyl groups excluding tert-OH is 1. The third-order valence-electron chi connectivity index (χ3n) is 9.85. The van der Waals surface area contributed by atoms with Crippen LogP contribution in [0.5, 0.6) is 0 Å². The molecule has 36 heavy (non-hydrogen) atoms. The number of allylic oxidation sites excluding steroid dienone is 4. The molecule has 4 aliphatic carbocycles. The van der Waals surface area contributed by atoms with Crippen LogP contribution in [0.2, 0.25) is 0 Å². The quantitative estimate of drug-likeness (QED) is 0.477. The molecule has 3 fully saturated rings. The number of hydrogen-bond donors (Lipinski definition) is 2. The van der Waals surface area contributed by atoms with Crippen LogP contribution in [-0.4, -0.2) is 51.1 Å². The Morgan fingerprint density at radius 3 is 2.86 bits per heavy atom. The number of nitrogens with zero attached hydrogens (tertiary/aromatic N) is 1. The minimum Gasteiger partial charge on any atom is -0.472 e. The first-order valence-electron chi connectivity index (χ1n) is 13.3. The van der Waals surface area contributed by atoms with Crippen molar-refractivity contribution in [3.8, 4) is 0 Å². The van der Waals surface area contributed by atoms with E-state index in [0.717, 1.165) is 36.2 Å². The van der Waals surface area contributed by atoms with E-state index in [2.05, 4.69) is 20.8 Å². The fourth-order valence-electron chi connectivity index (χ4n) is 8.54. The van der Waals surface area contributed by atoms with E-state index in [0.29, 0.717) is 31.2 Å². The molecule has 0 bridgehead atoms. The zero-order chi connectivity index (χ0) is 25.7. The summed E-state index contributed by atoms with van der Waals surface area (Å²) in [4.78, 5) is 25.8. The Kier molecular flexibility index (Phi) is 7.14. The highest BCUT2D eigenvalue weighted by Gasteiger charge is 2.64. The maximum Gasteiger partial charge on any atom is 0.178 e. The normalized spacial score (nSPS) is 39.5. The lowest BCUT2D eigenvalue weighted by atomic mass is 9.46. The predicted octanol–water partition coefficient (Wildman–Crippen LogP) is 4.91. The predicted molar refractivity (Wildman–Crippen MR) is 139 cm³/mol. The fourth-order valence-corrected chi connectivity index (χ4v) is 9.12. The summed E-state index contributed by atoms with van der Waals surface area (Å²) in [6.07, 6.45) is 11.4. The second-order valence-corrected chi connectivity index (χ2v) is 13.1. The highest BCUT2D eigenvalue weighted by Crippen LogP contribution is 2.67. The van der Waals surface area contributed by atoms with Gasteiger partial charge in [-0.25, -0.2) is 0 Å². The number of carbonyl (C=O) groups is 2. The molecule has 196 valence electrons. The van der Waals surface area contributed by atoms with Crippen LogP contribution in [0.15, 0.2) is 46.8 Å². The zero-order valence-electron chi connectivity index (χ0n) is 21.6. The van der Waals surface area contributed by atoms with Gasteiger partial charge in [0.05, 0.1) is 30.9 Å². The molecule has 8 atom stereocenters. The number of hydroxylamine groups is 2. The molecule has 4 aliphatic rings. The highest BCUT2D eigenvalue weighted by molar-refractivity contribution is 7.99. The van der Waals surface area contributed by atoms with Gasteiger partial charge in [-0.2, -0.15) is 16.8 Å². The molecule has 5 rings (SSSR count). The van der Waals surface area contributed by atoms with E-state index in [4.69, 9.17) is 4.42 Å². The number of ketones is 2. The minimum atomic E-state index is -0.535. The first kappa shape index (κ1) is 26.0. The largest absolute Gasteiger partial charge is 0.472 e. The third-order valence-corrected chi connectivity index (χ3v) is 10.8. The molecule has 0 amide bonds. The van der Waals surface area contributed by atoms with E-state index < -0.39 is 6.10 Å². The molecule has 6 nitrogen and oxygen atoms in total. The number of hydrogen-bond acceptors (Lipinski definition) is 7. The number of furan rings is 1. The summed E-state index contributed by atoms with van der Waals surface area (Å²) in [5.41, 5.74) is 1.41. The van der Waals surface area contributed by atoms with Crippen LogP contribution >= 0.6 is 11.8 Å². The molecular formula is C29H39NO5S. The summed E-state index contributed by atoms with van der Waals surface area (Å²) in [5, 5.41) is 23.9. The minimum absolute atomic E-state index is 0.0287. The highest BCUT2D eigenvalue weighted by atomic mass is 32.2. The maximum atomic E-state index is 13.7. The lowest BCUT2D eigenvalue weighted by molar-refractivity contribution is -0.142. The third kappa shape index (κ3) is 4.36. The van der Waals surface area contributed by atoms with E-state index in [1.165, 1.54) is 5.06 Å². The number of rotatable bonds is 8. The standard InChI is InChI=1S/C29H39NO5S/c1-4-36-17-25(33)26-19(15-30(34)14-18-8-10-35-16-18)11-23-22-6-5-20-12-21(31)7-9-28(20,2)27(22)24(32)13-29(23,26)3/h7-10,12,16,19,22-24,26-27,32,34H,4-6,11,13-15,17H2,1-3H3/t19-,22-,23?,24-,26+,27?,28?,29-/m0/s1.